The summed E-state index contributed by atoms with van der Waals surface area (Å²) in [5.74, 6) is -0.0222. The van der Waals surface area contributed by atoms with E-state index in [0.29, 0.717) is 12.6 Å². The van der Waals surface area contributed by atoms with Crippen molar-refractivity contribution in [2.45, 2.75) is 18.9 Å². The van der Waals surface area contributed by atoms with Crippen molar-refractivity contribution >= 4 is 23.3 Å². The first kappa shape index (κ1) is 11.4. The van der Waals surface area contributed by atoms with Crippen LogP contribution in [0.2, 0.25) is 0 Å². The second-order valence-electron chi connectivity index (χ2n) is 3.87. The number of hydrogen-bond donors (Lipinski definition) is 2. The molecule has 0 aliphatic heterocycles. The predicted octanol–water partition coefficient (Wildman–Crippen LogP) is 1.63. The maximum absolute atomic E-state index is 11.4. The second kappa shape index (κ2) is 5.82. The van der Waals surface area contributed by atoms with E-state index in [2.05, 4.69) is 10.6 Å². The highest BCUT2D eigenvalue weighted by atomic mass is 32.1. The zero-order valence-electron chi connectivity index (χ0n) is 9.11. The molecule has 2 rings (SSSR count). The summed E-state index contributed by atoms with van der Waals surface area (Å²) in [4.78, 5) is 12.5. The van der Waals surface area contributed by atoms with Gasteiger partial charge >= 0.3 is 0 Å². The van der Waals surface area contributed by atoms with E-state index < -0.39 is 0 Å². The van der Waals surface area contributed by atoms with Crippen LogP contribution in [0.3, 0.4) is 0 Å². The molecule has 0 atom stereocenters. The molecule has 0 radical (unpaired) electrons. The minimum atomic E-state index is -0.0222. The first-order chi connectivity index (χ1) is 7.84. The molecule has 0 unspecified atom stereocenters. The summed E-state index contributed by atoms with van der Waals surface area (Å²) < 4.78 is 0. The van der Waals surface area contributed by atoms with Gasteiger partial charge in [0.1, 0.15) is 0 Å². The molecule has 4 heteroatoms. The van der Waals surface area contributed by atoms with Gasteiger partial charge in [-0.2, -0.15) is 0 Å². The molecule has 1 heterocycles. The highest BCUT2D eigenvalue weighted by Gasteiger charge is 2.19. The molecule has 2 N–H and O–H groups in total. The minimum Gasteiger partial charge on any atom is -0.351 e. The number of carbonyl (C=O) groups excluding carboxylic acids is 1. The largest absolute Gasteiger partial charge is 0.351 e. The first-order valence-corrected chi connectivity index (χ1v) is 6.45. The van der Waals surface area contributed by atoms with Crippen molar-refractivity contribution in [1.82, 2.24) is 10.6 Å². The maximum atomic E-state index is 11.4. The molecule has 1 saturated carbocycles. The molecule has 3 nitrogen and oxygen atoms in total. The number of hydrogen-bond acceptors (Lipinski definition) is 3. The van der Waals surface area contributed by atoms with Crippen LogP contribution in [0, 0.1) is 0 Å². The molecular weight excluding hydrogens is 220 g/mol. The lowest BCUT2D eigenvalue weighted by atomic mass is 10.4. The molecule has 0 saturated heterocycles. The van der Waals surface area contributed by atoms with Gasteiger partial charge in [0.25, 0.3) is 0 Å². The fraction of sp³-hybridized carbons (Fsp3) is 0.417. The van der Waals surface area contributed by atoms with Gasteiger partial charge in [-0.05, 0) is 30.4 Å². The SMILES string of the molecule is O=C(C=Cc1cccs1)NCCNC1CC1. The standard InChI is InChI=1S/C12H16N2OS/c15-12(6-5-11-2-1-9-16-11)14-8-7-13-10-3-4-10/h1-2,5-6,9-10,13H,3-4,7-8H2,(H,14,15). The van der Waals surface area contributed by atoms with Crippen molar-refractivity contribution in [3.05, 3.63) is 28.5 Å². The summed E-state index contributed by atoms with van der Waals surface area (Å²) >= 11 is 1.63. The second-order valence-corrected chi connectivity index (χ2v) is 4.85. The van der Waals surface area contributed by atoms with Gasteiger partial charge in [-0.15, -0.1) is 11.3 Å². The Morgan fingerprint density at radius 3 is 3.06 bits per heavy atom. The fourth-order valence-electron chi connectivity index (χ4n) is 1.35. The van der Waals surface area contributed by atoms with Gasteiger partial charge in [-0.3, -0.25) is 4.79 Å². The molecule has 1 fully saturated rings. The lowest BCUT2D eigenvalue weighted by Crippen LogP contribution is -2.31. The van der Waals surface area contributed by atoms with E-state index in [-0.39, 0.29) is 5.91 Å². The molecule has 0 aromatic carbocycles. The molecule has 1 aliphatic carbocycles. The van der Waals surface area contributed by atoms with Crippen LogP contribution in [0.15, 0.2) is 23.6 Å². The van der Waals surface area contributed by atoms with Crippen molar-refractivity contribution in [1.29, 1.82) is 0 Å². The molecule has 0 bridgehead atoms. The van der Waals surface area contributed by atoms with Crippen molar-refractivity contribution in [3.8, 4) is 0 Å². The van der Waals surface area contributed by atoms with Crippen molar-refractivity contribution < 1.29 is 4.79 Å². The highest BCUT2D eigenvalue weighted by molar-refractivity contribution is 7.10. The van der Waals surface area contributed by atoms with Crippen LogP contribution in [0.5, 0.6) is 0 Å². The minimum absolute atomic E-state index is 0.0222. The molecule has 1 aromatic rings. The Balaban J connectivity index is 1.59. The third-order valence-corrected chi connectivity index (χ3v) is 3.21. The third kappa shape index (κ3) is 4.16. The van der Waals surface area contributed by atoms with Gasteiger partial charge in [0.2, 0.25) is 5.91 Å². The monoisotopic (exact) mass is 236 g/mol. The summed E-state index contributed by atoms with van der Waals surface area (Å²) in [6.07, 6.45) is 6.00. The average Bonchev–Trinajstić information content (AvgIpc) is 2.96. The van der Waals surface area contributed by atoms with E-state index >= 15 is 0 Å². The normalized spacial score (nSPS) is 15.5. The first-order valence-electron chi connectivity index (χ1n) is 5.57. The van der Waals surface area contributed by atoms with Gasteiger partial charge in [0.15, 0.2) is 0 Å². The lowest BCUT2D eigenvalue weighted by Gasteiger charge is -2.02. The van der Waals surface area contributed by atoms with Gasteiger partial charge in [0, 0.05) is 30.1 Å². The van der Waals surface area contributed by atoms with E-state index in [9.17, 15) is 4.79 Å². The number of carbonyl (C=O) groups is 1. The van der Waals surface area contributed by atoms with Crippen LogP contribution >= 0.6 is 11.3 Å². The summed E-state index contributed by atoms with van der Waals surface area (Å²) in [6, 6.07) is 4.67. The molecule has 0 spiro atoms. The van der Waals surface area contributed by atoms with Gasteiger partial charge in [0.05, 0.1) is 0 Å². The van der Waals surface area contributed by atoms with E-state index in [1.807, 2.05) is 23.6 Å². The summed E-state index contributed by atoms with van der Waals surface area (Å²) in [5.41, 5.74) is 0. The summed E-state index contributed by atoms with van der Waals surface area (Å²) in [5, 5.41) is 8.19. The third-order valence-electron chi connectivity index (χ3n) is 2.38. The van der Waals surface area contributed by atoms with Crippen LogP contribution < -0.4 is 10.6 Å². The van der Waals surface area contributed by atoms with Gasteiger partial charge < -0.3 is 10.6 Å². The predicted molar refractivity (Wildman–Crippen MR) is 67.4 cm³/mol. The number of rotatable bonds is 6. The topological polar surface area (TPSA) is 41.1 Å². The Hall–Kier alpha value is -1.13. The molecule has 16 heavy (non-hydrogen) atoms. The zero-order valence-corrected chi connectivity index (χ0v) is 9.93. The Morgan fingerprint density at radius 1 is 1.50 bits per heavy atom. The van der Waals surface area contributed by atoms with Gasteiger partial charge in [-0.1, -0.05) is 6.07 Å². The van der Waals surface area contributed by atoms with Crippen LogP contribution in [0.4, 0.5) is 0 Å². The number of nitrogens with one attached hydrogen (secondary N) is 2. The van der Waals surface area contributed by atoms with E-state index in [1.165, 1.54) is 12.8 Å². The molecule has 1 aliphatic rings. The van der Waals surface area contributed by atoms with Crippen molar-refractivity contribution in [3.63, 3.8) is 0 Å². The molecule has 1 aromatic heterocycles. The maximum Gasteiger partial charge on any atom is 0.244 e. The van der Waals surface area contributed by atoms with E-state index in [1.54, 1.807) is 17.4 Å². The molecule has 86 valence electrons. The lowest BCUT2D eigenvalue weighted by molar-refractivity contribution is -0.116. The zero-order chi connectivity index (χ0) is 11.2. The van der Waals surface area contributed by atoms with E-state index in [4.69, 9.17) is 0 Å². The Bertz CT molecular complexity index is 355. The Morgan fingerprint density at radius 2 is 2.38 bits per heavy atom. The smallest absolute Gasteiger partial charge is 0.244 e. The average molecular weight is 236 g/mol. The quantitative estimate of drug-likeness (QED) is 0.582. The van der Waals surface area contributed by atoms with Crippen LogP contribution in [-0.4, -0.2) is 25.0 Å². The van der Waals surface area contributed by atoms with Crippen molar-refractivity contribution in [2.75, 3.05) is 13.1 Å². The fourth-order valence-corrected chi connectivity index (χ4v) is 1.97. The van der Waals surface area contributed by atoms with Crippen LogP contribution in [-0.2, 0) is 4.79 Å². The number of amides is 1. The number of thiophene rings is 1. The van der Waals surface area contributed by atoms with Crippen LogP contribution in [0.1, 0.15) is 17.7 Å². The van der Waals surface area contributed by atoms with Crippen LogP contribution in [0.25, 0.3) is 6.08 Å². The summed E-state index contributed by atoms with van der Waals surface area (Å²) in [6.45, 7) is 1.56. The summed E-state index contributed by atoms with van der Waals surface area (Å²) in [7, 11) is 0. The molecular formula is C12H16N2OS. The van der Waals surface area contributed by atoms with Crippen molar-refractivity contribution in [2.24, 2.45) is 0 Å². The highest BCUT2D eigenvalue weighted by Crippen LogP contribution is 2.17. The van der Waals surface area contributed by atoms with E-state index in [0.717, 1.165) is 11.4 Å². The Kier molecular flexibility index (Phi) is 4.13. The Labute approximate surface area is 99.6 Å². The molecule has 1 amide bonds. The van der Waals surface area contributed by atoms with Gasteiger partial charge in [-0.25, -0.2) is 0 Å².